The molecule has 1 aliphatic carbocycles. The molecular weight excluding hydrogens is 370 g/mol. The van der Waals surface area contributed by atoms with Crippen molar-refractivity contribution in [1.82, 2.24) is 23.6 Å². The number of hydrogen-bond acceptors (Lipinski definition) is 5. The lowest BCUT2D eigenvalue weighted by molar-refractivity contribution is 0.329. The van der Waals surface area contributed by atoms with E-state index in [4.69, 9.17) is 0 Å². The van der Waals surface area contributed by atoms with E-state index < -0.39 is 21.3 Å². The second-order valence-electron chi connectivity index (χ2n) is 6.90. The van der Waals surface area contributed by atoms with Crippen LogP contribution in [0.4, 0.5) is 0 Å². The van der Waals surface area contributed by atoms with E-state index in [1.54, 1.807) is 17.9 Å². The summed E-state index contributed by atoms with van der Waals surface area (Å²) in [6.07, 6.45) is 10.2. The molecule has 148 valence electrons. The summed E-state index contributed by atoms with van der Waals surface area (Å²) in [5.74, 6) is 0. The van der Waals surface area contributed by atoms with Crippen LogP contribution in [0.2, 0.25) is 0 Å². The predicted molar refractivity (Wildman–Crippen MR) is 100 cm³/mol. The van der Waals surface area contributed by atoms with Gasteiger partial charge < -0.3 is 4.57 Å². The molecule has 0 atom stereocenters. The molecule has 0 radical (unpaired) electrons. The van der Waals surface area contributed by atoms with Crippen molar-refractivity contribution in [2.75, 3.05) is 6.54 Å². The second kappa shape index (κ2) is 8.22. The van der Waals surface area contributed by atoms with Crippen molar-refractivity contribution in [1.29, 1.82) is 0 Å². The van der Waals surface area contributed by atoms with E-state index in [1.807, 2.05) is 0 Å². The van der Waals surface area contributed by atoms with Crippen LogP contribution >= 0.6 is 0 Å². The minimum absolute atomic E-state index is 0.126. The zero-order valence-corrected chi connectivity index (χ0v) is 16.2. The predicted octanol–water partition coefficient (Wildman–Crippen LogP) is 0.617. The van der Waals surface area contributed by atoms with Gasteiger partial charge in [-0.1, -0.05) is 19.3 Å². The van der Waals surface area contributed by atoms with E-state index in [0.29, 0.717) is 6.42 Å². The van der Waals surface area contributed by atoms with Crippen molar-refractivity contribution in [2.24, 2.45) is 7.05 Å². The maximum atomic E-state index is 12.4. The fourth-order valence-electron chi connectivity index (χ4n) is 3.35. The maximum Gasteiger partial charge on any atom is 0.330 e. The first-order valence-electron chi connectivity index (χ1n) is 9.19. The highest BCUT2D eigenvalue weighted by atomic mass is 32.2. The quantitative estimate of drug-likeness (QED) is 0.692. The number of hydrogen-bond donors (Lipinski definition) is 1. The van der Waals surface area contributed by atoms with E-state index in [1.165, 1.54) is 29.4 Å². The van der Waals surface area contributed by atoms with Crippen LogP contribution in [0, 0.1) is 0 Å². The van der Waals surface area contributed by atoms with Gasteiger partial charge in [0.25, 0.3) is 5.56 Å². The molecule has 2 aromatic rings. The third-order valence-corrected chi connectivity index (χ3v) is 6.34. The second-order valence-corrected chi connectivity index (χ2v) is 8.67. The fraction of sp³-hybridized carbons (Fsp3) is 0.588. The summed E-state index contributed by atoms with van der Waals surface area (Å²) in [5, 5.41) is 4.22. The molecule has 0 unspecified atom stereocenters. The number of nitrogens with one attached hydrogen (secondary N) is 1. The summed E-state index contributed by atoms with van der Waals surface area (Å²) >= 11 is 0. The molecule has 3 rings (SSSR count). The Morgan fingerprint density at radius 2 is 1.96 bits per heavy atom. The third-order valence-electron chi connectivity index (χ3n) is 4.93. The van der Waals surface area contributed by atoms with Crippen molar-refractivity contribution in [2.45, 2.75) is 56.0 Å². The summed E-state index contributed by atoms with van der Waals surface area (Å²) in [7, 11) is -2.10. The Morgan fingerprint density at radius 1 is 1.22 bits per heavy atom. The molecule has 9 nitrogen and oxygen atoms in total. The molecule has 1 N–H and O–H groups in total. The number of aromatic nitrogens is 4. The molecule has 0 spiro atoms. The average Bonchev–Trinajstić information content (AvgIpc) is 3.16. The Hall–Kier alpha value is -2.20. The van der Waals surface area contributed by atoms with E-state index >= 15 is 0 Å². The van der Waals surface area contributed by atoms with Gasteiger partial charge in [-0.2, -0.15) is 5.10 Å². The molecule has 0 aliphatic heterocycles. The Balaban J connectivity index is 1.58. The van der Waals surface area contributed by atoms with Gasteiger partial charge in [0, 0.05) is 38.6 Å². The monoisotopic (exact) mass is 395 g/mol. The van der Waals surface area contributed by atoms with Crippen LogP contribution < -0.4 is 16.0 Å². The Kier molecular flexibility index (Phi) is 5.95. The molecule has 1 aliphatic rings. The van der Waals surface area contributed by atoms with E-state index in [2.05, 4.69) is 9.82 Å². The van der Waals surface area contributed by atoms with Gasteiger partial charge in [0.1, 0.15) is 4.90 Å². The van der Waals surface area contributed by atoms with E-state index in [-0.39, 0.29) is 24.0 Å². The van der Waals surface area contributed by atoms with Crippen LogP contribution in [0.25, 0.3) is 0 Å². The van der Waals surface area contributed by atoms with Crippen molar-refractivity contribution in [3.63, 3.8) is 0 Å². The molecule has 2 heterocycles. The summed E-state index contributed by atoms with van der Waals surface area (Å²) in [5.41, 5.74) is -0.811. The average molecular weight is 395 g/mol. The van der Waals surface area contributed by atoms with E-state index in [9.17, 15) is 18.0 Å². The first kappa shape index (κ1) is 19.6. The van der Waals surface area contributed by atoms with Crippen LogP contribution in [-0.2, 0) is 23.6 Å². The van der Waals surface area contributed by atoms with Gasteiger partial charge >= 0.3 is 5.69 Å². The lowest BCUT2D eigenvalue weighted by atomic mass is 9.96. The van der Waals surface area contributed by atoms with Gasteiger partial charge in [-0.25, -0.2) is 17.9 Å². The van der Waals surface area contributed by atoms with Gasteiger partial charge in [-0.05, 0) is 19.3 Å². The normalized spacial score (nSPS) is 15.9. The lowest BCUT2D eigenvalue weighted by Gasteiger charge is -2.21. The number of nitrogens with zero attached hydrogens (tertiary/aromatic N) is 4. The molecule has 10 heteroatoms. The van der Waals surface area contributed by atoms with Crippen molar-refractivity contribution < 1.29 is 8.42 Å². The molecule has 0 bridgehead atoms. The highest BCUT2D eigenvalue weighted by Crippen LogP contribution is 2.27. The Morgan fingerprint density at radius 3 is 2.70 bits per heavy atom. The first-order chi connectivity index (χ1) is 12.9. The van der Waals surface area contributed by atoms with Gasteiger partial charge in [0.15, 0.2) is 0 Å². The van der Waals surface area contributed by atoms with Crippen molar-refractivity contribution in [3.05, 3.63) is 45.5 Å². The Labute approximate surface area is 157 Å². The van der Waals surface area contributed by atoms with E-state index in [0.717, 1.165) is 30.3 Å². The standard InChI is InChI=1S/C17H25N5O4S/c1-20-11-8-16(23)21(17(20)24)10-5-9-19-27(25,26)15-12-18-22(13-15)14-6-3-2-4-7-14/h8,11-14,19H,2-7,9-10H2,1H3. The highest BCUT2D eigenvalue weighted by Gasteiger charge is 2.20. The van der Waals surface area contributed by atoms with Crippen LogP contribution in [0.1, 0.15) is 44.6 Å². The molecule has 0 saturated heterocycles. The molecule has 27 heavy (non-hydrogen) atoms. The number of sulfonamides is 1. The smallest absolute Gasteiger partial charge is 0.303 e. The number of aryl methyl sites for hydroxylation is 1. The highest BCUT2D eigenvalue weighted by molar-refractivity contribution is 7.89. The molecule has 2 aromatic heterocycles. The van der Waals surface area contributed by atoms with Gasteiger partial charge in [0.2, 0.25) is 10.0 Å². The van der Waals surface area contributed by atoms with Crippen molar-refractivity contribution in [3.8, 4) is 0 Å². The van der Waals surface area contributed by atoms with Crippen LogP contribution in [0.15, 0.2) is 39.1 Å². The summed E-state index contributed by atoms with van der Waals surface area (Å²) in [4.78, 5) is 23.8. The van der Waals surface area contributed by atoms with Gasteiger partial charge in [-0.15, -0.1) is 0 Å². The third kappa shape index (κ3) is 4.56. The summed E-state index contributed by atoms with van der Waals surface area (Å²) in [6.45, 7) is 0.275. The number of rotatable bonds is 7. The molecular formula is C17H25N5O4S. The fourth-order valence-corrected chi connectivity index (χ4v) is 4.36. The largest absolute Gasteiger partial charge is 0.330 e. The molecule has 0 amide bonds. The maximum absolute atomic E-state index is 12.4. The first-order valence-corrected chi connectivity index (χ1v) is 10.7. The van der Waals surface area contributed by atoms with Crippen molar-refractivity contribution >= 4 is 10.0 Å². The zero-order valence-electron chi connectivity index (χ0n) is 15.4. The molecule has 1 saturated carbocycles. The summed E-state index contributed by atoms with van der Waals surface area (Å²) in [6, 6.07) is 1.58. The summed E-state index contributed by atoms with van der Waals surface area (Å²) < 4.78 is 31.5. The van der Waals surface area contributed by atoms with Crippen LogP contribution in [0.3, 0.4) is 0 Å². The molecule has 1 fully saturated rings. The SMILES string of the molecule is Cn1ccc(=O)n(CCCNS(=O)(=O)c2cnn(C3CCCCC3)c2)c1=O. The van der Waals surface area contributed by atoms with Gasteiger partial charge in [-0.3, -0.25) is 14.0 Å². The Bertz CT molecular complexity index is 999. The minimum atomic E-state index is -3.67. The topological polar surface area (TPSA) is 108 Å². The lowest BCUT2D eigenvalue weighted by Crippen LogP contribution is -2.38. The zero-order chi connectivity index (χ0) is 19.4. The molecule has 0 aromatic carbocycles. The van der Waals surface area contributed by atoms with Crippen LogP contribution in [-0.4, -0.2) is 33.9 Å². The van der Waals surface area contributed by atoms with Crippen LogP contribution in [0.5, 0.6) is 0 Å². The minimum Gasteiger partial charge on any atom is -0.303 e. The van der Waals surface area contributed by atoms with Gasteiger partial charge in [0.05, 0.1) is 12.2 Å².